The first-order chi connectivity index (χ1) is 7.95. The standard InChI is InChI=1S/C10H17N3O4/c1-2-7(9(15)16)12-10(17)13-4-3-6(5-13)8(11)14/h6-7H,2-5H2,1H3,(H2,11,14)(H,12,17)(H,15,16). The second-order valence-electron chi connectivity index (χ2n) is 4.08. The van der Waals surface area contributed by atoms with E-state index in [0.717, 1.165) is 0 Å². The van der Waals surface area contributed by atoms with Gasteiger partial charge in [-0.15, -0.1) is 0 Å². The summed E-state index contributed by atoms with van der Waals surface area (Å²) in [5.41, 5.74) is 5.14. The van der Waals surface area contributed by atoms with Crippen LogP contribution in [0.3, 0.4) is 0 Å². The average Bonchev–Trinajstić information content (AvgIpc) is 2.74. The van der Waals surface area contributed by atoms with Crippen molar-refractivity contribution >= 4 is 17.9 Å². The Kier molecular flexibility index (Phi) is 4.30. The van der Waals surface area contributed by atoms with Crippen LogP contribution in [0.5, 0.6) is 0 Å². The fourth-order valence-electron chi connectivity index (χ4n) is 1.76. The number of carbonyl (C=O) groups excluding carboxylic acids is 2. The van der Waals surface area contributed by atoms with Gasteiger partial charge in [-0.25, -0.2) is 9.59 Å². The highest BCUT2D eigenvalue weighted by Gasteiger charge is 2.31. The lowest BCUT2D eigenvalue weighted by Gasteiger charge is -2.20. The number of hydrogen-bond donors (Lipinski definition) is 3. The van der Waals surface area contributed by atoms with Crippen molar-refractivity contribution in [2.75, 3.05) is 13.1 Å². The minimum atomic E-state index is -1.06. The molecule has 17 heavy (non-hydrogen) atoms. The number of carbonyl (C=O) groups is 3. The third-order valence-electron chi connectivity index (χ3n) is 2.88. The maximum absolute atomic E-state index is 11.7. The van der Waals surface area contributed by atoms with E-state index in [1.165, 1.54) is 4.90 Å². The first kappa shape index (κ1) is 13.3. The number of likely N-dealkylation sites (tertiary alicyclic amines) is 1. The Bertz CT molecular complexity index is 332. The van der Waals surface area contributed by atoms with Crippen molar-refractivity contribution in [2.45, 2.75) is 25.8 Å². The second-order valence-corrected chi connectivity index (χ2v) is 4.08. The molecule has 2 unspecified atom stereocenters. The van der Waals surface area contributed by atoms with Crippen molar-refractivity contribution in [1.29, 1.82) is 0 Å². The predicted octanol–water partition coefficient (Wildman–Crippen LogP) is -0.634. The van der Waals surface area contributed by atoms with E-state index in [2.05, 4.69) is 5.32 Å². The van der Waals surface area contributed by atoms with Crippen molar-refractivity contribution in [3.8, 4) is 0 Å². The predicted molar refractivity (Wildman–Crippen MR) is 59.1 cm³/mol. The van der Waals surface area contributed by atoms with Crippen molar-refractivity contribution in [2.24, 2.45) is 11.7 Å². The third kappa shape index (κ3) is 3.33. The van der Waals surface area contributed by atoms with Crippen LogP contribution in [0.4, 0.5) is 4.79 Å². The molecule has 0 aromatic heterocycles. The fraction of sp³-hybridized carbons (Fsp3) is 0.700. The van der Waals surface area contributed by atoms with Gasteiger partial charge in [-0.1, -0.05) is 6.92 Å². The SMILES string of the molecule is CCC(NC(=O)N1CCC(C(N)=O)C1)C(=O)O. The van der Waals surface area contributed by atoms with Gasteiger partial charge >= 0.3 is 12.0 Å². The zero-order valence-corrected chi connectivity index (χ0v) is 9.68. The summed E-state index contributed by atoms with van der Waals surface area (Å²) >= 11 is 0. The number of carboxylic acid groups (broad SMARTS) is 1. The number of carboxylic acids is 1. The van der Waals surface area contributed by atoms with E-state index in [4.69, 9.17) is 10.8 Å². The Hall–Kier alpha value is -1.79. The Morgan fingerprint density at radius 3 is 2.59 bits per heavy atom. The lowest BCUT2D eigenvalue weighted by Crippen LogP contribution is -2.47. The van der Waals surface area contributed by atoms with Gasteiger partial charge in [0, 0.05) is 13.1 Å². The molecule has 1 heterocycles. The van der Waals surface area contributed by atoms with Crippen LogP contribution >= 0.6 is 0 Å². The molecule has 0 bridgehead atoms. The van der Waals surface area contributed by atoms with Crippen LogP contribution < -0.4 is 11.1 Å². The molecule has 1 fully saturated rings. The fourth-order valence-corrected chi connectivity index (χ4v) is 1.76. The Labute approximate surface area is 98.9 Å². The zero-order chi connectivity index (χ0) is 13.0. The molecule has 1 aliphatic rings. The topological polar surface area (TPSA) is 113 Å². The molecule has 0 aromatic carbocycles. The molecule has 2 atom stereocenters. The molecule has 4 N–H and O–H groups in total. The van der Waals surface area contributed by atoms with E-state index in [0.29, 0.717) is 19.4 Å². The van der Waals surface area contributed by atoms with Crippen LogP contribution in [-0.4, -0.2) is 47.0 Å². The molecule has 1 rings (SSSR count). The van der Waals surface area contributed by atoms with Crippen LogP contribution in [-0.2, 0) is 9.59 Å². The molecule has 3 amide bonds. The molecular weight excluding hydrogens is 226 g/mol. The number of amides is 3. The highest BCUT2D eigenvalue weighted by molar-refractivity contribution is 5.84. The molecule has 1 aliphatic heterocycles. The van der Waals surface area contributed by atoms with Gasteiger partial charge in [-0.05, 0) is 12.8 Å². The van der Waals surface area contributed by atoms with Gasteiger partial charge in [0.05, 0.1) is 5.92 Å². The summed E-state index contributed by atoms with van der Waals surface area (Å²) in [5.74, 6) is -1.82. The van der Waals surface area contributed by atoms with Crippen LogP contribution in [0.25, 0.3) is 0 Å². The average molecular weight is 243 g/mol. The molecule has 0 saturated carbocycles. The molecule has 0 aliphatic carbocycles. The molecule has 0 radical (unpaired) electrons. The van der Waals surface area contributed by atoms with Crippen molar-refractivity contribution < 1.29 is 19.5 Å². The molecule has 0 aromatic rings. The number of primary amides is 1. The zero-order valence-electron chi connectivity index (χ0n) is 9.68. The minimum absolute atomic E-state index is 0.261. The lowest BCUT2D eigenvalue weighted by atomic mass is 10.1. The molecule has 7 heteroatoms. The van der Waals surface area contributed by atoms with Crippen LogP contribution in [0.2, 0.25) is 0 Å². The molecular formula is C10H17N3O4. The normalized spacial score (nSPS) is 21.0. The van der Waals surface area contributed by atoms with Crippen molar-refractivity contribution in [3.63, 3.8) is 0 Å². The Morgan fingerprint density at radius 1 is 1.53 bits per heavy atom. The number of aliphatic carboxylic acids is 1. The highest BCUT2D eigenvalue weighted by atomic mass is 16.4. The van der Waals surface area contributed by atoms with Crippen LogP contribution in [0, 0.1) is 5.92 Å². The summed E-state index contributed by atoms with van der Waals surface area (Å²) in [6.07, 6.45) is 0.848. The quantitative estimate of drug-likeness (QED) is 0.609. The van der Waals surface area contributed by atoms with Gasteiger partial charge in [0.2, 0.25) is 5.91 Å². The minimum Gasteiger partial charge on any atom is -0.480 e. The largest absolute Gasteiger partial charge is 0.480 e. The van der Waals surface area contributed by atoms with E-state index in [-0.39, 0.29) is 12.5 Å². The summed E-state index contributed by atoms with van der Waals surface area (Å²) in [6, 6.07) is -1.35. The van der Waals surface area contributed by atoms with Crippen LogP contribution in [0.1, 0.15) is 19.8 Å². The van der Waals surface area contributed by atoms with Crippen molar-refractivity contribution in [3.05, 3.63) is 0 Å². The summed E-state index contributed by atoms with van der Waals surface area (Å²) in [6.45, 7) is 2.36. The highest BCUT2D eigenvalue weighted by Crippen LogP contribution is 2.15. The number of nitrogens with zero attached hydrogens (tertiary/aromatic N) is 1. The van der Waals surface area contributed by atoms with Gasteiger partial charge in [-0.2, -0.15) is 0 Å². The Balaban J connectivity index is 2.49. The first-order valence-corrected chi connectivity index (χ1v) is 5.53. The Morgan fingerprint density at radius 2 is 2.18 bits per heavy atom. The summed E-state index contributed by atoms with van der Waals surface area (Å²) in [4.78, 5) is 34.8. The van der Waals surface area contributed by atoms with Gasteiger partial charge in [0.1, 0.15) is 6.04 Å². The summed E-state index contributed by atoms with van der Waals surface area (Å²) in [5, 5.41) is 11.2. The van der Waals surface area contributed by atoms with Crippen LogP contribution in [0.15, 0.2) is 0 Å². The number of urea groups is 1. The first-order valence-electron chi connectivity index (χ1n) is 5.53. The number of rotatable bonds is 4. The maximum Gasteiger partial charge on any atom is 0.326 e. The molecule has 7 nitrogen and oxygen atoms in total. The van der Waals surface area contributed by atoms with Gasteiger partial charge < -0.3 is 21.1 Å². The van der Waals surface area contributed by atoms with E-state index < -0.39 is 23.9 Å². The summed E-state index contributed by atoms with van der Waals surface area (Å²) < 4.78 is 0. The van der Waals surface area contributed by atoms with E-state index >= 15 is 0 Å². The molecule has 96 valence electrons. The van der Waals surface area contributed by atoms with Gasteiger partial charge in [-0.3, -0.25) is 4.79 Å². The van der Waals surface area contributed by atoms with Crippen molar-refractivity contribution in [1.82, 2.24) is 10.2 Å². The second kappa shape index (κ2) is 5.51. The number of hydrogen-bond acceptors (Lipinski definition) is 3. The number of nitrogens with two attached hydrogens (primary N) is 1. The number of nitrogens with one attached hydrogen (secondary N) is 1. The van der Waals surface area contributed by atoms with Gasteiger partial charge in [0.25, 0.3) is 0 Å². The van der Waals surface area contributed by atoms with E-state index in [1.54, 1.807) is 6.92 Å². The third-order valence-corrected chi connectivity index (χ3v) is 2.88. The van der Waals surface area contributed by atoms with E-state index in [9.17, 15) is 14.4 Å². The van der Waals surface area contributed by atoms with Gasteiger partial charge in [0.15, 0.2) is 0 Å². The molecule has 0 spiro atoms. The van der Waals surface area contributed by atoms with E-state index in [1.807, 2.05) is 0 Å². The molecule has 1 saturated heterocycles. The lowest BCUT2D eigenvalue weighted by molar-refractivity contribution is -0.139. The monoisotopic (exact) mass is 243 g/mol. The maximum atomic E-state index is 11.7. The smallest absolute Gasteiger partial charge is 0.326 e. The summed E-state index contributed by atoms with van der Waals surface area (Å²) in [7, 11) is 0.